The van der Waals surface area contributed by atoms with Gasteiger partial charge in [0.25, 0.3) is 0 Å². The first-order valence-corrected chi connectivity index (χ1v) is 5.33. The smallest absolute Gasteiger partial charge is 0.0355 e. The molecule has 0 aromatic carbocycles. The zero-order valence-corrected chi connectivity index (χ0v) is 7.84. The fourth-order valence-corrected chi connectivity index (χ4v) is 3.21. The minimum absolute atomic E-state index is 1.01. The van der Waals surface area contributed by atoms with E-state index >= 15 is 0 Å². The fourth-order valence-electron chi connectivity index (χ4n) is 3.21. The van der Waals surface area contributed by atoms with E-state index in [1.165, 1.54) is 12.8 Å². The lowest BCUT2D eigenvalue weighted by Gasteiger charge is -2.44. The third-order valence-electron chi connectivity index (χ3n) is 4.22. The molecule has 0 N–H and O–H groups in total. The van der Waals surface area contributed by atoms with Crippen molar-refractivity contribution in [2.75, 3.05) is 0 Å². The topological polar surface area (TPSA) is 0 Å². The molecule has 2 aliphatic rings. The van der Waals surface area contributed by atoms with Crippen molar-refractivity contribution in [1.29, 1.82) is 0 Å². The molecule has 2 fully saturated rings. The van der Waals surface area contributed by atoms with Crippen LogP contribution in [0.15, 0.2) is 0 Å². The highest BCUT2D eigenvalue weighted by Gasteiger charge is 2.44. The van der Waals surface area contributed by atoms with E-state index in [0.717, 1.165) is 23.7 Å². The molecule has 0 aromatic rings. The molecule has 0 radical (unpaired) electrons. The van der Waals surface area contributed by atoms with Crippen LogP contribution in [0.2, 0.25) is 0 Å². The van der Waals surface area contributed by atoms with Crippen LogP contribution in [0.4, 0.5) is 0 Å². The monoisotopic (exact) mass is 152 g/mol. The molecule has 0 heteroatoms. The zero-order valence-electron chi connectivity index (χ0n) is 7.84. The first-order valence-electron chi connectivity index (χ1n) is 5.33. The average Bonchev–Trinajstić information content (AvgIpc) is 2.32. The third-order valence-corrected chi connectivity index (χ3v) is 4.22. The highest BCUT2D eigenvalue weighted by molar-refractivity contribution is 4.94. The second-order valence-corrected chi connectivity index (χ2v) is 4.64. The molecule has 2 saturated carbocycles. The van der Waals surface area contributed by atoms with E-state index in [4.69, 9.17) is 0 Å². The van der Waals surface area contributed by atoms with Gasteiger partial charge in [-0.05, 0) is 36.5 Å². The maximum Gasteiger partial charge on any atom is -0.0355 e. The van der Waals surface area contributed by atoms with E-state index in [1.807, 2.05) is 0 Å². The van der Waals surface area contributed by atoms with Gasteiger partial charge < -0.3 is 0 Å². The molecule has 0 saturated heterocycles. The molecule has 0 aliphatic heterocycles. The predicted octanol–water partition coefficient (Wildman–Crippen LogP) is 3.47. The van der Waals surface area contributed by atoms with Gasteiger partial charge >= 0.3 is 0 Å². The molecule has 4 unspecified atom stereocenters. The number of hydrogen-bond acceptors (Lipinski definition) is 0. The highest BCUT2D eigenvalue weighted by atomic mass is 14.5. The van der Waals surface area contributed by atoms with Crippen LogP contribution in [0.5, 0.6) is 0 Å². The van der Waals surface area contributed by atoms with Crippen LogP contribution >= 0.6 is 0 Å². The third kappa shape index (κ3) is 1.11. The van der Waals surface area contributed by atoms with E-state index in [1.54, 1.807) is 19.3 Å². The Morgan fingerprint density at radius 1 is 1.36 bits per heavy atom. The normalized spacial score (nSPS) is 44.7. The van der Waals surface area contributed by atoms with Gasteiger partial charge in [-0.1, -0.05) is 33.1 Å². The van der Waals surface area contributed by atoms with Crippen LogP contribution in [0, 0.1) is 23.7 Å². The zero-order chi connectivity index (χ0) is 7.84. The molecule has 0 spiro atoms. The van der Waals surface area contributed by atoms with E-state index in [0.29, 0.717) is 0 Å². The second-order valence-electron chi connectivity index (χ2n) is 4.64. The van der Waals surface area contributed by atoms with Crippen LogP contribution in [-0.4, -0.2) is 0 Å². The number of fused-ring (bicyclic) bond motifs is 1. The molecule has 0 bridgehead atoms. The summed E-state index contributed by atoms with van der Waals surface area (Å²) in [6.45, 7) is 4.78. The Kier molecular flexibility index (Phi) is 1.95. The SMILES string of the molecule is CCC(C)C1CC2CCCC21. The Bertz CT molecular complexity index is 139. The molecular weight excluding hydrogens is 132 g/mol. The van der Waals surface area contributed by atoms with Gasteiger partial charge in [0.2, 0.25) is 0 Å². The van der Waals surface area contributed by atoms with Crippen LogP contribution in [0.3, 0.4) is 0 Å². The van der Waals surface area contributed by atoms with Gasteiger partial charge in [0.1, 0.15) is 0 Å². The summed E-state index contributed by atoms with van der Waals surface area (Å²) in [5.74, 6) is 4.45. The maximum atomic E-state index is 2.44. The molecule has 2 rings (SSSR count). The minimum Gasteiger partial charge on any atom is -0.0651 e. The second kappa shape index (κ2) is 2.80. The van der Waals surface area contributed by atoms with Gasteiger partial charge in [0, 0.05) is 0 Å². The average molecular weight is 152 g/mol. The van der Waals surface area contributed by atoms with Gasteiger partial charge in [-0.2, -0.15) is 0 Å². The first-order chi connectivity index (χ1) is 5.33. The van der Waals surface area contributed by atoms with Crippen molar-refractivity contribution in [3.05, 3.63) is 0 Å². The molecule has 4 atom stereocenters. The fraction of sp³-hybridized carbons (Fsp3) is 1.00. The summed E-state index contributed by atoms with van der Waals surface area (Å²) < 4.78 is 0. The molecule has 2 aliphatic carbocycles. The number of rotatable bonds is 2. The molecule has 0 amide bonds. The Balaban J connectivity index is 1.89. The summed E-state index contributed by atoms with van der Waals surface area (Å²) in [5.41, 5.74) is 0. The predicted molar refractivity (Wildman–Crippen MR) is 48.4 cm³/mol. The van der Waals surface area contributed by atoms with Gasteiger partial charge in [-0.15, -0.1) is 0 Å². The summed E-state index contributed by atoms with van der Waals surface area (Å²) >= 11 is 0. The van der Waals surface area contributed by atoms with Gasteiger partial charge in [0.15, 0.2) is 0 Å². The summed E-state index contributed by atoms with van der Waals surface area (Å²) in [5, 5.41) is 0. The molecular formula is C11H20. The minimum atomic E-state index is 1.01. The first kappa shape index (κ1) is 7.64. The molecule has 0 nitrogen and oxygen atoms in total. The lowest BCUT2D eigenvalue weighted by molar-refractivity contribution is 0.0535. The lowest BCUT2D eigenvalue weighted by atomic mass is 9.61. The standard InChI is InChI=1S/C11H20/c1-3-8(2)11-7-9-5-4-6-10(9)11/h8-11H,3-7H2,1-2H3. The Morgan fingerprint density at radius 2 is 2.18 bits per heavy atom. The molecule has 11 heavy (non-hydrogen) atoms. The van der Waals surface area contributed by atoms with E-state index in [-0.39, 0.29) is 0 Å². The summed E-state index contributed by atoms with van der Waals surface area (Å²) in [7, 11) is 0. The Hall–Kier alpha value is 0. The quantitative estimate of drug-likeness (QED) is 0.568. The Morgan fingerprint density at radius 3 is 2.82 bits per heavy atom. The van der Waals surface area contributed by atoms with Crippen LogP contribution in [-0.2, 0) is 0 Å². The van der Waals surface area contributed by atoms with Crippen LogP contribution in [0.1, 0.15) is 46.0 Å². The van der Waals surface area contributed by atoms with Gasteiger partial charge in [0.05, 0.1) is 0 Å². The van der Waals surface area contributed by atoms with Crippen molar-refractivity contribution >= 4 is 0 Å². The Labute approximate surface area is 70.4 Å². The van der Waals surface area contributed by atoms with Crippen LogP contribution < -0.4 is 0 Å². The van der Waals surface area contributed by atoms with Gasteiger partial charge in [-0.3, -0.25) is 0 Å². The summed E-state index contributed by atoms with van der Waals surface area (Å²) in [6.07, 6.45) is 7.60. The summed E-state index contributed by atoms with van der Waals surface area (Å²) in [4.78, 5) is 0. The van der Waals surface area contributed by atoms with Crippen molar-refractivity contribution in [3.63, 3.8) is 0 Å². The van der Waals surface area contributed by atoms with Crippen molar-refractivity contribution in [2.24, 2.45) is 23.7 Å². The molecule has 64 valence electrons. The highest BCUT2D eigenvalue weighted by Crippen LogP contribution is 2.54. The van der Waals surface area contributed by atoms with E-state index in [9.17, 15) is 0 Å². The van der Waals surface area contributed by atoms with E-state index < -0.39 is 0 Å². The lowest BCUT2D eigenvalue weighted by Crippen LogP contribution is -2.36. The van der Waals surface area contributed by atoms with Crippen molar-refractivity contribution in [2.45, 2.75) is 46.0 Å². The van der Waals surface area contributed by atoms with E-state index in [2.05, 4.69) is 13.8 Å². The molecule has 0 heterocycles. The number of hydrogen-bond donors (Lipinski definition) is 0. The van der Waals surface area contributed by atoms with Crippen molar-refractivity contribution in [1.82, 2.24) is 0 Å². The largest absolute Gasteiger partial charge is 0.0651 e. The van der Waals surface area contributed by atoms with Crippen LogP contribution in [0.25, 0.3) is 0 Å². The maximum absolute atomic E-state index is 2.44. The summed E-state index contributed by atoms with van der Waals surface area (Å²) in [6, 6.07) is 0. The van der Waals surface area contributed by atoms with Crippen molar-refractivity contribution in [3.8, 4) is 0 Å². The van der Waals surface area contributed by atoms with Crippen molar-refractivity contribution < 1.29 is 0 Å². The van der Waals surface area contributed by atoms with Gasteiger partial charge in [-0.25, -0.2) is 0 Å². The molecule has 0 aromatic heterocycles.